The lowest BCUT2D eigenvalue weighted by molar-refractivity contribution is -0.128. The number of aryl methyl sites for hydroxylation is 1. The first-order valence-corrected chi connectivity index (χ1v) is 7.96. The van der Waals surface area contributed by atoms with Crippen LogP contribution in [0.5, 0.6) is 0 Å². The number of hydrogen-bond acceptors (Lipinski definition) is 4. The van der Waals surface area contributed by atoms with Crippen molar-refractivity contribution in [2.24, 2.45) is 13.0 Å². The summed E-state index contributed by atoms with van der Waals surface area (Å²) in [6, 6.07) is 2.22. The van der Waals surface area contributed by atoms with Gasteiger partial charge in [-0.05, 0) is 24.8 Å². The van der Waals surface area contributed by atoms with Gasteiger partial charge in [0.05, 0.1) is 12.3 Å². The zero-order valence-electron chi connectivity index (χ0n) is 13.4. The number of carbonyl (C=O) groups excluding carboxylic acids is 2. The van der Waals surface area contributed by atoms with Gasteiger partial charge in [-0.2, -0.15) is 5.10 Å². The molecule has 2 heterocycles. The van der Waals surface area contributed by atoms with Crippen LogP contribution in [0, 0.1) is 5.92 Å². The van der Waals surface area contributed by atoms with Crippen LogP contribution in [0.4, 0.5) is 0 Å². The molecule has 0 aromatic carbocycles. The third kappa shape index (κ3) is 3.00. The first-order chi connectivity index (χ1) is 10.5. The van der Waals surface area contributed by atoms with Crippen molar-refractivity contribution >= 4 is 11.9 Å². The smallest absolute Gasteiger partial charge is 0.356 e. The van der Waals surface area contributed by atoms with Crippen molar-refractivity contribution in [1.29, 1.82) is 0 Å². The van der Waals surface area contributed by atoms with E-state index in [0.717, 1.165) is 25.1 Å². The van der Waals surface area contributed by atoms with Crippen molar-refractivity contribution in [3.63, 3.8) is 0 Å². The van der Waals surface area contributed by atoms with Gasteiger partial charge >= 0.3 is 5.97 Å². The lowest BCUT2D eigenvalue weighted by Crippen LogP contribution is -2.28. The minimum Gasteiger partial charge on any atom is -0.461 e. The van der Waals surface area contributed by atoms with Crippen LogP contribution >= 0.6 is 0 Å². The molecule has 2 aliphatic rings. The van der Waals surface area contributed by atoms with E-state index in [0.29, 0.717) is 24.8 Å². The van der Waals surface area contributed by atoms with E-state index in [2.05, 4.69) is 5.10 Å². The van der Waals surface area contributed by atoms with Crippen LogP contribution in [0.15, 0.2) is 6.07 Å². The van der Waals surface area contributed by atoms with Crippen molar-refractivity contribution in [2.75, 3.05) is 13.2 Å². The summed E-state index contributed by atoms with van der Waals surface area (Å²) in [5.74, 6) is 0.229. The third-order valence-electron chi connectivity index (χ3n) is 4.38. The first-order valence-electron chi connectivity index (χ1n) is 7.96. The Morgan fingerprint density at radius 3 is 2.77 bits per heavy atom. The van der Waals surface area contributed by atoms with Crippen molar-refractivity contribution in [3.05, 3.63) is 17.5 Å². The molecule has 1 aromatic heterocycles. The van der Waals surface area contributed by atoms with E-state index < -0.39 is 0 Å². The maximum Gasteiger partial charge on any atom is 0.356 e. The molecule has 1 saturated carbocycles. The number of carbonyl (C=O) groups is 2. The predicted octanol–water partition coefficient (Wildman–Crippen LogP) is 1.71. The van der Waals surface area contributed by atoms with Gasteiger partial charge in [-0.1, -0.05) is 13.8 Å². The molecular weight excluding hydrogens is 282 g/mol. The predicted molar refractivity (Wildman–Crippen MR) is 80.4 cm³/mol. The summed E-state index contributed by atoms with van der Waals surface area (Å²) in [4.78, 5) is 26.0. The van der Waals surface area contributed by atoms with Gasteiger partial charge in [-0.25, -0.2) is 4.79 Å². The van der Waals surface area contributed by atoms with Crippen molar-refractivity contribution < 1.29 is 14.3 Å². The molecule has 1 aromatic rings. The van der Waals surface area contributed by atoms with E-state index >= 15 is 0 Å². The third-order valence-corrected chi connectivity index (χ3v) is 4.38. The molecule has 1 atom stereocenters. The molecule has 0 radical (unpaired) electrons. The molecule has 3 rings (SSSR count). The summed E-state index contributed by atoms with van der Waals surface area (Å²) >= 11 is 0. The number of aromatic nitrogens is 2. The number of esters is 1. The monoisotopic (exact) mass is 305 g/mol. The fourth-order valence-electron chi connectivity index (χ4n) is 2.89. The molecule has 1 aliphatic carbocycles. The van der Waals surface area contributed by atoms with Gasteiger partial charge in [0.15, 0.2) is 0 Å². The second-order valence-electron chi connectivity index (χ2n) is 6.68. The van der Waals surface area contributed by atoms with Gasteiger partial charge in [-0.15, -0.1) is 0 Å². The maximum absolute atomic E-state index is 12.2. The van der Waals surface area contributed by atoms with Crippen LogP contribution in [0.25, 0.3) is 0 Å². The van der Waals surface area contributed by atoms with Gasteiger partial charge in [-0.3, -0.25) is 9.48 Å². The number of likely N-dealkylation sites (tertiary alicyclic amines) is 1. The molecule has 6 nitrogen and oxygen atoms in total. The average Bonchev–Trinajstić information content (AvgIpc) is 3.13. The van der Waals surface area contributed by atoms with Crippen molar-refractivity contribution in [1.82, 2.24) is 14.7 Å². The Labute approximate surface area is 130 Å². The quantitative estimate of drug-likeness (QED) is 0.777. The fraction of sp³-hybridized carbons (Fsp3) is 0.688. The highest BCUT2D eigenvalue weighted by molar-refractivity contribution is 5.87. The molecule has 2 fully saturated rings. The van der Waals surface area contributed by atoms with E-state index in [-0.39, 0.29) is 23.7 Å². The highest BCUT2D eigenvalue weighted by Gasteiger charge is 2.39. The summed E-state index contributed by atoms with van der Waals surface area (Å²) in [6.45, 7) is 5.09. The van der Waals surface area contributed by atoms with E-state index in [1.807, 2.05) is 18.7 Å². The van der Waals surface area contributed by atoms with Crippen LogP contribution in [0.3, 0.4) is 0 Å². The molecule has 0 bridgehead atoms. The van der Waals surface area contributed by atoms with Crippen LogP contribution in [0.1, 0.15) is 55.2 Å². The highest BCUT2D eigenvalue weighted by Crippen LogP contribution is 2.32. The van der Waals surface area contributed by atoms with Gasteiger partial charge < -0.3 is 9.64 Å². The Balaban J connectivity index is 1.55. The summed E-state index contributed by atoms with van der Waals surface area (Å²) < 4.78 is 6.97. The number of hydrogen-bond donors (Lipinski definition) is 0. The van der Waals surface area contributed by atoms with Gasteiger partial charge in [0.25, 0.3) is 0 Å². The normalized spacial score (nSPS) is 21.7. The number of ether oxygens (including phenoxy) is 1. The van der Waals surface area contributed by atoms with E-state index in [1.165, 1.54) is 0 Å². The van der Waals surface area contributed by atoms with Crippen LogP contribution < -0.4 is 0 Å². The van der Waals surface area contributed by atoms with Crippen LogP contribution in [0.2, 0.25) is 0 Å². The minimum atomic E-state index is -0.362. The molecule has 1 saturated heterocycles. The molecule has 0 spiro atoms. The zero-order valence-corrected chi connectivity index (χ0v) is 13.4. The van der Waals surface area contributed by atoms with Crippen LogP contribution in [-0.2, 0) is 16.6 Å². The summed E-state index contributed by atoms with van der Waals surface area (Å²) in [7, 11) is 1.75. The lowest BCUT2D eigenvalue weighted by atomic mass is 10.1. The van der Waals surface area contributed by atoms with Gasteiger partial charge in [0, 0.05) is 32.0 Å². The van der Waals surface area contributed by atoms with Gasteiger partial charge in [0.1, 0.15) is 5.69 Å². The highest BCUT2D eigenvalue weighted by atomic mass is 16.5. The second-order valence-corrected chi connectivity index (χ2v) is 6.68. The largest absolute Gasteiger partial charge is 0.461 e. The molecule has 120 valence electrons. The van der Waals surface area contributed by atoms with Crippen LogP contribution in [-0.4, -0.2) is 45.8 Å². The number of rotatable bonds is 5. The number of nitrogens with zero attached hydrogens (tertiary/aromatic N) is 3. The van der Waals surface area contributed by atoms with E-state index in [4.69, 9.17) is 4.74 Å². The second kappa shape index (κ2) is 5.74. The van der Waals surface area contributed by atoms with Crippen molar-refractivity contribution in [3.8, 4) is 0 Å². The Bertz CT molecular complexity index is 589. The Morgan fingerprint density at radius 1 is 1.45 bits per heavy atom. The summed E-state index contributed by atoms with van der Waals surface area (Å²) in [5.41, 5.74) is 1.34. The average molecular weight is 305 g/mol. The molecule has 0 N–H and O–H groups in total. The molecular formula is C16H23N3O3. The first kappa shape index (κ1) is 15.1. The standard InChI is InChI=1S/C16H23N3O3/c1-10(2)13-7-14(18(3)17-13)16(21)22-9-11-6-15(20)19(8-11)12-4-5-12/h7,10-12H,4-6,8-9H2,1-3H3/t11-/m1/s1. The summed E-state index contributed by atoms with van der Waals surface area (Å²) in [6.07, 6.45) is 2.73. The fourth-order valence-corrected chi connectivity index (χ4v) is 2.89. The Morgan fingerprint density at radius 2 is 2.18 bits per heavy atom. The molecule has 22 heavy (non-hydrogen) atoms. The SMILES string of the molecule is CC(C)c1cc(C(=O)OC[C@@H]2CC(=O)N(C3CC3)C2)n(C)n1. The number of amides is 1. The topological polar surface area (TPSA) is 64.4 Å². The summed E-state index contributed by atoms with van der Waals surface area (Å²) in [5, 5.41) is 4.32. The molecule has 1 aliphatic heterocycles. The molecule has 0 unspecified atom stereocenters. The van der Waals surface area contributed by atoms with E-state index in [9.17, 15) is 9.59 Å². The van der Waals surface area contributed by atoms with Crippen molar-refractivity contribution in [2.45, 2.75) is 45.1 Å². The van der Waals surface area contributed by atoms with Gasteiger partial charge in [0.2, 0.25) is 5.91 Å². The zero-order chi connectivity index (χ0) is 15.9. The molecule has 1 amide bonds. The lowest BCUT2D eigenvalue weighted by Gasteiger charge is -2.15. The van der Waals surface area contributed by atoms with E-state index in [1.54, 1.807) is 17.8 Å². The Hall–Kier alpha value is -1.85. The maximum atomic E-state index is 12.2. The Kier molecular flexibility index (Phi) is 3.93. The minimum absolute atomic E-state index is 0.120. The molecule has 6 heteroatoms.